The molecule has 0 bridgehead atoms. The summed E-state index contributed by atoms with van der Waals surface area (Å²) in [5.41, 5.74) is 5.09. The highest BCUT2D eigenvalue weighted by Crippen LogP contribution is 2.19. The number of rotatable bonds is 5. The first-order valence-corrected chi connectivity index (χ1v) is 5.49. The van der Waals surface area contributed by atoms with Gasteiger partial charge in [-0.1, -0.05) is 0 Å². The van der Waals surface area contributed by atoms with Gasteiger partial charge in [-0.05, 0) is 12.3 Å². The first kappa shape index (κ1) is 13.4. The first-order valence-electron chi connectivity index (χ1n) is 5.49. The number of carbonyl (C=O) groups excluding carboxylic acids is 2. The third-order valence-electron chi connectivity index (χ3n) is 2.72. The van der Waals surface area contributed by atoms with Crippen LogP contribution in [-0.2, 0) is 14.4 Å². The minimum absolute atomic E-state index is 0.0154. The van der Waals surface area contributed by atoms with Gasteiger partial charge in [0, 0.05) is 19.5 Å². The van der Waals surface area contributed by atoms with E-state index >= 15 is 0 Å². The summed E-state index contributed by atoms with van der Waals surface area (Å²) in [6.07, 6.45) is 0.780. The van der Waals surface area contributed by atoms with Crippen LogP contribution in [0, 0.1) is 5.92 Å². The lowest BCUT2D eigenvalue weighted by molar-refractivity contribution is -0.138. The zero-order chi connectivity index (χ0) is 12.8. The molecule has 1 heterocycles. The fourth-order valence-electron chi connectivity index (χ4n) is 1.83. The number of nitrogens with zero attached hydrogens (tertiary/aromatic N) is 1. The van der Waals surface area contributed by atoms with Crippen LogP contribution in [0.3, 0.4) is 0 Å². The molecule has 0 aromatic heterocycles. The number of nitrogens with one attached hydrogen (secondary N) is 1. The van der Waals surface area contributed by atoms with Gasteiger partial charge in [0.1, 0.15) is 0 Å². The number of carboxylic acid groups (broad SMARTS) is 1. The van der Waals surface area contributed by atoms with Gasteiger partial charge in [-0.15, -0.1) is 0 Å². The summed E-state index contributed by atoms with van der Waals surface area (Å²) in [5.74, 6) is -1.40. The van der Waals surface area contributed by atoms with Crippen molar-refractivity contribution < 1.29 is 19.5 Å². The fraction of sp³-hybridized carbons (Fsp3) is 0.700. The molecule has 0 aromatic rings. The molecule has 7 heteroatoms. The molecule has 0 aliphatic carbocycles. The minimum Gasteiger partial charge on any atom is -0.481 e. The quantitative estimate of drug-likeness (QED) is 0.537. The molecule has 1 unspecified atom stereocenters. The summed E-state index contributed by atoms with van der Waals surface area (Å²) in [7, 11) is 0. The second-order valence-electron chi connectivity index (χ2n) is 4.07. The van der Waals surface area contributed by atoms with E-state index in [1.807, 2.05) is 0 Å². The Balaban J connectivity index is 2.30. The van der Waals surface area contributed by atoms with Crippen molar-refractivity contribution in [3.63, 3.8) is 0 Å². The van der Waals surface area contributed by atoms with E-state index in [-0.39, 0.29) is 37.2 Å². The van der Waals surface area contributed by atoms with Crippen molar-refractivity contribution in [2.45, 2.75) is 12.8 Å². The second kappa shape index (κ2) is 6.19. The van der Waals surface area contributed by atoms with E-state index < -0.39 is 5.97 Å². The summed E-state index contributed by atoms with van der Waals surface area (Å²) < 4.78 is 0. The number of amides is 2. The average molecular weight is 243 g/mol. The Morgan fingerprint density at radius 3 is 2.71 bits per heavy atom. The molecular weight excluding hydrogens is 226 g/mol. The summed E-state index contributed by atoms with van der Waals surface area (Å²) >= 11 is 0. The highest BCUT2D eigenvalue weighted by atomic mass is 16.4. The fourth-order valence-corrected chi connectivity index (χ4v) is 1.83. The van der Waals surface area contributed by atoms with Crippen LogP contribution in [0.1, 0.15) is 12.8 Å². The molecule has 2 amide bonds. The Labute approximate surface area is 98.9 Å². The molecule has 7 nitrogen and oxygen atoms in total. The first-order chi connectivity index (χ1) is 8.02. The lowest BCUT2D eigenvalue weighted by Gasteiger charge is -2.16. The van der Waals surface area contributed by atoms with Crippen LogP contribution in [0.25, 0.3) is 0 Å². The van der Waals surface area contributed by atoms with Crippen LogP contribution >= 0.6 is 0 Å². The Bertz CT molecular complexity index is 319. The molecule has 17 heavy (non-hydrogen) atoms. The molecule has 4 N–H and O–H groups in total. The Morgan fingerprint density at radius 2 is 2.12 bits per heavy atom. The molecule has 1 aliphatic rings. The molecule has 1 saturated heterocycles. The molecule has 0 saturated carbocycles. The summed E-state index contributed by atoms with van der Waals surface area (Å²) in [4.78, 5) is 34.6. The van der Waals surface area contributed by atoms with Crippen molar-refractivity contribution >= 4 is 17.8 Å². The number of hydrogen-bond acceptors (Lipinski definition) is 4. The predicted octanol–water partition coefficient (Wildman–Crippen LogP) is -1.62. The zero-order valence-electron chi connectivity index (χ0n) is 9.52. The van der Waals surface area contributed by atoms with E-state index in [0.29, 0.717) is 19.5 Å². The summed E-state index contributed by atoms with van der Waals surface area (Å²) in [5, 5.41) is 11.0. The highest BCUT2D eigenvalue weighted by molar-refractivity contribution is 5.85. The minimum atomic E-state index is -0.847. The largest absolute Gasteiger partial charge is 0.481 e. The normalized spacial score (nSPS) is 19.1. The van der Waals surface area contributed by atoms with Gasteiger partial charge in [-0.2, -0.15) is 0 Å². The number of aliphatic carboxylic acids is 1. The van der Waals surface area contributed by atoms with E-state index in [9.17, 15) is 14.4 Å². The number of nitrogens with two attached hydrogens (primary N) is 1. The van der Waals surface area contributed by atoms with Crippen LogP contribution in [-0.4, -0.2) is 54.0 Å². The number of carboxylic acids is 1. The molecule has 0 aromatic carbocycles. The van der Waals surface area contributed by atoms with Gasteiger partial charge >= 0.3 is 5.97 Å². The lowest BCUT2D eigenvalue weighted by atomic mass is 10.1. The van der Waals surface area contributed by atoms with E-state index in [0.717, 1.165) is 0 Å². The van der Waals surface area contributed by atoms with Gasteiger partial charge in [0.05, 0.1) is 13.1 Å². The maximum Gasteiger partial charge on any atom is 0.303 e. The van der Waals surface area contributed by atoms with Crippen molar-refractivity contribution in [2.75, 3.05) is 26.2 Å². The van der Waals surface area contributed by atoms with Crippen LogP contribution in [0.15, 0.2) is 0 Å². The molecule has 96 valence electrons. The summed E-state index contributed by atoms with van der Waals surface area (Å²) in [6.45, 7) is 0.781. The molecule has 1 fully saturated rings. The molecule has 0 spiro atoms. The standard InChI is InChI=1S/C10H17N3O4/c11-4-8(14)12-5-9(15)13-2-1-7(6-13)3-10(16)17/h7H,1-6,11H2,(H,12,14)(H,16,17). The van der Waals surface area contributed by atoms with E-state index in [1.165, 1.54) is 0 Å². The Hall–Kier alpha value is -1.63. The molecule has 0 radical (unpaired) electrons. The Morgan fingerprint density at radius 1 is 1.41 bits per heavy atom. The maximum absolute atomic E-state index is 11.6. The highest BCUT2D eigenvalue weighted by Gasteiger charge is 2.27. The van der Waals surface area contributed by atoms with Gasteiger partial charge in [0.2, 0.25) is 11.8 Å². The third kappa shape index (κ3) is 4.39. The van der Waals surface area contributed by atoms with Crippen LogP contribution in [0.4, 0.5) is 0 Å². The maximum atomic E-state index is 11.6. The van der Waals surface area contributed by atoms with Gasteiger partial charge in [0.25, 0.3) is 0 Å². The van der Waals surface area contributed by atoms with Gasteiger partial charge in [0.15, 0.2) is 0 Å². The van der Waals surface area contributed by atoms with Gasteiger partial charge in [-0.3, -0.25) is 14.4 Å². The molecule has 1 rings (SSSR count). The number of hydrogen-bond donors (Lipinski definition) is 3. The van der Waals surface area contributed by atoms with E-state index in [4.69, 9.17) is 10.8 Å². The predicted molar refractivity (Wildman–Crippen MR) is 59.0 cm³/mol. The molecule has 1 atom stereocenters. The molecular formula is C10H17N3O4. The van der Waals surface area contributed by atoms with E-state index in [2.05, 4.69) is 5.32 Å². The number of carbonyl (C=O) groups is 3. The van der Waals surface area contributed by atoms with Gasteiger partial charge in [-0.25, -0.2) is 0 Å². The Kier molecular flexibility index (Phi) is 4.89. The van der Waals surface area contributed by atoms with Crippen molar-refractivity contribution in [3.8, 4) is 0 Å². The van der Waals surface area contributed by atoms with E-state index in [1.54, 1.807) is 4.90 Å². The third-order valence-corrected chi connectivity index (χ3v) is 2.72. The van der Waals surface area contributed by atoms with Gasteiger partial charge < -0.3 is 21.1 Å². The van der Waals surface area contributed by atoms with Crippen LogP contribution in [0.5, 0.6) is 0 Å². The van der Waals surface area contributed by atoms with Crippen molar-refractivity contribution in [3.05, 3.63) is 0 Å². The summed E-state index contributed by atoms with van der Waals surface area (Å²) in [6, 6.07) is 0. The van der Waals surface area contributed by atoms with Crippen LogP contribution in [0.2, 0.25) is 0 Å². The monoisotopic (exact) mass is 243 g/mol. The number of likely N-dealkylation sites (tertiary alicyclic amines) is 1. The lowest BCUT2D eigenvalue weighted by Crippen LogP contribution is -2.41. The van der Waals surface area contributed by atoms with Crippen molar-refractivity contribution in [1.82, 2.24) is 10.2 Å². The topological polar surface area (TPSA) is 113 Å². The molecule has 1 aliphatic heterocycles. The van der Waals surface area contributed by atoms with Crippen molar-refractivity contribution in [2.24, 2.45) is 11.7 Å². The zero-order valence-corrected chi connectivity index (χ0v) is 9.52. The smallest absolute Gasteiger partial charge is 0.303 e. The second-order valence-corrected chi connectivity index (χ2v) is 4.07. The van der Waals surface area contributed by atoms with Crippen molar-refractivity contribution in [1.29, 1.82) is 0 Å². The van der Waals surface area contributed by atoms with Crippen LogP contribution < -0.4 is 11.1 Å². The SMILES string of the molecule is NCC(=O)NCC(=O)N1CCC(CC(=O)O)C1. The average Bonchev–Trinajstić information content (AvgIpc) is 2.72.